The number of likely N-dealkylation sites (N-methyl/N-ethyl adjacent to an activating group) is 1. The van der Waals surface area contributed by atoms with Gasteiger partial charge >= 0.3 is 0 Å². The third-order valence-corrected chi connectivity index (χ3v) is 4.69. The number of hydrogen-bond acceptors (Lipinski definition) is 3. The lowest BCUT2D eigenvalue weighted by molar-refractivity contribution is -0.130. The van der Waals surface area contributed by atoms with Gasteiger partial charge in [0.25, 0.3) is 0 Å². The van der Waals surface area contributed by atoms with Gasteiger partial charge in [0.05, 0.1) is 10.4 Å². The Kier molecular flexibility index (Phi) is 4.30. The maximum atomic E-state index is 11.9. The van der Waals surface area contributed by atoms with Crippen molar-refractivity contribution in [2.45, 2.75) is 38.3 Å². The standard InChI is InChI=1S/C13H19ClN2OS/c1-8(13(17)16(2)3)15-10-5-4-6-11-9(10)7-12(14)18-11/h7-8,10,15H,4-6H2,1-3H3. The van der Waals surface area contributed by atoms with Crippen LogP contribution in [0.3, 0.4) is 0 Å². The Morgan fingerprint density at radius 1 is 1.61 bits per heavy atom. The molecule has 0 fully saturated rings. The van der Waals surface area contributed by atoms with Crippen molar-refractivity contribution in [1.29, 1.82) is 0 Å². The molecule has 0 saturated heterocycles. The van der Waals surface area contributed by atoms with Gasteiger partial charge in [-0.05, 0) is 37.8 Å². The van der Waals surface area contributed by atoms with E-state index in [1.807, 2.05) is 13.0 Å². The molecule has 1 aromatic rings. The zero-order chi connectivity index (χ0) is 13.3. The minimum atomic E-state index is -0.158. The molecule has 0 bridgehead atoms. The van der Waals surface area contributed by atoms with Crippen molar-refractivity contribution < 1.29 is 4.79 Å². The number of carbonyl (C=O) groups is 1. The number of carbonyl (C=O) groups excluding carboxylic acids is 1. The smallest absolute Gasteiger partial charge is 0.238 e. The van der Waals surface area contributed by atoms with E-state index in [-0.39, 0.29) is 18.0 Å². The number of nitrogens with one attached hydrogen (secondary N) is 1. The van der Waals surface area contributed by atoms with E-state index in [4.69, 9.17) is 11.6 Å². The summed E-state index contributed by atoms with van der Waals surface area (Å²) >= 11 is 7.75. The van der Waals surface area contributed by atoms with Crippen LogP contribution in [0.4, 0.5) is 0 Å². The molecule has 1 heterocycles. The van der Waals surface area contributed by atoms with Gasteiger partial charge in [-0.15, -0.1) is 11.3 Å². The number of aryl methyl sites for hydroxylation is 1. The number of hydrogen-bond donors (Lipinski definition) is 1. The van der Waals surface area contributed by atoms with E-state index in [0.29, 0.717) is 0 Å². The third kappa shape index (κ3) is 2.87. The largest absolute Gasteiger partial charge is 0.347 e. The number of amides is 1. The fourth-order valence-electron chi connectivity index (χ4n) is 2.45. The number of rotatable bonds is 3. The first-order valence-corrected chi connectivity index (χ1v) is 7.44. The van der Waals surface area contributed by atoms with Crippen LogP contribution in [0.15, 0.2) is 6.07 Å². The second-order valence-corrected chi connectivity index (χ2v) is 6.76. The average Bonchev–Trinajstić information content (AvgIpc) is 2.69. The van der Waals surface area contributed by atoms with Crippen molar-refractivity contribution in [3.8, 4) is 0 Å². The average molecular weight is 287 g/mol. The predicted molar refractivity (Wildman–Crippen MR) is 76.3 cm³/mol. The maximum Gasteiger partial charge on any atom is 0.238 e. The molecule has 1 N–H and O–H groups in total. The highest BCUT2D eigenvalue weighted by Crippen LogP contribution is 2.37. The number of fused-ring (bicyclic) bond motifs is 1. The molecule has 2 rings (SSSR count). The zero-order valence-electron chi connectivity index (χ0n) is 11.0. The molecule has 3 nitrogen and oxygen atoms in total. The predicted octanol–water partition coefficient (Wildman–Crippen LogP) is 2.85. The Morgan fingerprint density at radius 3 is 3.00 bits per heavy atom. The summed E-state index contributed by atoms with van der Waals surface area (Å²) < 4.78 is 0.847. The van der Waals surface area contributed by atoms with Crippen LogP contribution in [0.2, 0.25) is 4.34 Å². The topological polar surface area (TPSA) is 32.3 Å². The molecule has 0 saturated carbocycles. The summed E-state index contributed by atoms with van der Waals surface area (Å²) in [6.45, 7) is 1.92. The molecule has 1 aliphatic rings. The zero-order valence-corrected chi connectivity index (χ0v) is 12.6. The normalized spacial score (nSPS) is 20.3. The molecule has 2 atom stereocenters. The maximum absolute atomic E-state index is 11.9. The van der Waals surface area contributed by atoms with Gasteiger partial charge in [-0.25, -0.2) is 0 Å². The Morgan fingerprint density at radius 2 is 2.33 bits per heavy atom. The lowest BCUT2D eigenvalue weighted by Crippen LogP contribution is -2.43. The lowest BCUT2D eigenvalue weighted by atomic mass is 9.93. The first-order valence-electron chi connectivity index (χ1n) is 6.24. The molecular formula is C13H19ClN2OS. The van der Waals surface area contributed by atoms with Crippen LogP contribution >= 0.6 is 22.9 Å². The minimum Gasteiger partial charge on any atom is -0.347 e. The van der Waals surface area contributed by atoms with Crippen molar-refractivity contribution in [1.82, 2.24) is 10.2 Å². The first kappa shape index (κ1) is 13.8. The van der Waals surface area contributed by atoms with Crippen LogP contribution < -0.4 is 5.32 Å². The van der Waals surface area contributed by atoms with Gasteiger partial charge in [-0.2, -0.15) is 0 Å². The van der Waals surface area contributed by atoms with Crippen molar-refractivity contribution in [3.63, 3.8) is 0 Å². The fourth-order valence-corrected chi connectivity index (χ4v) is 3.84. The summed E-state index contributed by atoms with van der Waals surface area (Å²) in [5.74, 6) is 0.114. The highest BCUT2D eigenvalue weighted by Gasteiger charge is 2.26. The summed E-state index contributed by atoms with van der Waals surface area (Å²) in [6.07, 6.45) is 3.34. The number of nitrogens with zero attached hydrogens (tertiary/aromatic N) is 1. The first-order chi connectivity index (χ1) is 8.49. The molecule has 2 unspecified atom stereocenters. The fraction of sp³-hybridized carbons (Fsp3) is 0.615. The van der Waals surface area contributed by atoms with Crippen molar-refractivity contribution in [2.75, 3.05) is 14.1 Å². The van der Waals surface area contributed by atoms with Crippen LogP contribution in [-0.2, 0) is 11.2 Å². The molecule has 5 heteroatoms. The molecule has 1 aliphatic carbocycles. The number of halogens is 1. The molecule has 18 heavy (non-hydrogen) atoms. The molecule has 100 valence electrons. The Hall–Kier alpha value is -0.580. The molecule has 0 spiro atoms. The van der Waals surface area contributed by atoms with Gasteiger partial charge < -0.3 is 4.90 Å². The van der Waals surface area contributed by atoms with Gasteiger partial charge in [0.1, 0.15) is 0 Å². The monoisotopic (exact) mass is 286 g/mol. The Labute approximate surface area is 117 Å². The van der Waals surface area contributed by atoms with Crippen molar-refractivity contribution in [2.24, 2.45) is 0 Å². The van der Waals surface area contributed by atoms with E-state index in [1.54, 1.807) is 30.3 Å². The summed E-state index contributed by atoms with van der Waals surface area (Å²) in [7, 11) is 3.57. The van der Waals surface area contributed by atoms with Crippen LogP contribution in [0.1, 0.15) is 36.2 Å². The third-order valence-electron chi connectivity index (χ3n) is 3.35. The summed E-state index contributed by atoms with van der Waals surface area (Å²) in [5, 5.41) is 3.43. The summed E-state index contributed by atoms with van der Waals surface area (Å²) in [4.78, 5) is 14.9. The highest BCUT2D eigenvalue weighted by atomic mass is 35.5. The highest BCUT2D eigenvalue weighted by molar-refractivity contribution is 7.16. The van der Waals surface area contributed by atoms with Crippen molar-refractivity contribution in [3.05, 3.63) is 20.8 Å². The number of thiophene rings is 1. The van der Waals surface area contributed by atoms with Gasteiger partial charge in [-0.1, -0.05) is 11.6 Å². The van der Waals surface area contributed by atoms with Gasteiger partial charge in [0.2, 0.25) is 5.91 Å². The van der Waals surface area contributed by atoms with E-state index < -0.39 is 0 Å². The summed E-state index contributed by atoms with van der Waals surface area (Å²) in [5.41, 5.74) is 1.29. The minimum absolute atomic E-state index is 0.114. The lowest BCUT2D eigenvalue weighted by Gasteiger charge is -2.27. The van der Waals surface area contributed by atoms with Gasteiger partial charge in [0, 0.05) is 25.0 Å². The SMILES string of the molecule is CC(NC1CCCc2sc(Cl)cc21)C(=O)N(C)C. The van der Waals surface area contributed by atoms with Crippen LogP contribution in [0, 0.1) is 0 Å². The Balaban J connectivity index is 2.09. The molecule has 0 aromatic carbocycles. The molecule has 0 radical (unpaired) electrons. The molecule has 1 aromatic heterocycles. The van der Waals surface area contributed by atoms with E-state index in [9.17, 15) is 4.79 Å². The van der Waals surface area contributed by atoms with E-state index in [0.717, 1.165) is 23.6 Å². The van der Waals surface area contributed by atoms with Crippen LogP contribution in [-0.4, -0.2) is 30.9 Å². The van der Waals surface area contributed by atoms with Crippen molar-refractivity contribution >= 4 is 28.8 Å². The second-order valence-electron chi connectivity index (χ2n) is 4.99. The van der Waals surface area contributed by atoms with Gasteiger partial charge in [0.15, 0.2) is 0 Å². The van der Waals surface area contributed by atoms with Gasteiger partial charge in [-0.3, -0.25) is 10.1 Å². The van der Waals surface area contributed by atoms with E-state index in [2.05, 4.69) is 5.32 Å². The molecular weight excluding hydrogens is 268 g/mol. The van der Waals surface area contributed by atoms with E-state index >= 15 is 0 Å². The van der Waals surface area contributed by atoms with Crippen LogP contribution in [0.5, 0.6) is 0 Å². The second kappa shape index (κ2) is 5.59. The quantitative estimate of drug-likeness (QED) is 0.927. The summed E-state index contributed by atoms with van der Waals surface area (Å²) in [6, 6.07) is 2.15. The molecule has 1 amide bonds. The van der Waals surface area contributed by atoms with Crippen LogP contribution in [0.25, 0.3) is 0 Å². The Bertz CT molecular complexity index is 444. The molecule has 0 aliphatic heterocycles. The van der Waals surface area contributed by atoms with E-state index in [1.165, 1.54) is 10.4 Å².